The van der Waals surface area contributed by atoms with E-state index in [0.717, 1.165) is 61.1 Å². The molecule has 0 saturated heterocycles. The number of anilines is 1. The van der Waals surface area contributed by atoms with Crippen LogP contribution in [0.5, 0.6) is 0 Å². The van der Waals surface area contributed by atoms with Gasteiger partial charge in [-0.1, -0.05) is 19.8 Å². The Labute approximate surface area is 144 Å². The molecule has 2 heterocycles. The molecule has 2 N–H and O–H groups in total. The molecule has 0 bridgehead atoms. The summed E-state index contributed by atoms with van der Waals surface area (Å²) in [7, 11) is -2.87. The Hall–Kier alpha value is -1.63. The van der Waals surface area contributed by atoms with Crippen LogP contribution < -0.4 is 5.73 Å². The Morgan fingerprint density at radius 1 is 1.21 bits per heavy atom. The van der Waals surface area contributed by atoms with Crippen LogP contribution in [0.1, 0.15) is 50.4 Å². The lowest BCUT2D eigenvalue weighted by molar-refractivity contribution is 0.572. The summed E-state index contributed by atoms with van der Waals surface area (Å²) < 4.78 is 24.7. The van der Waals surface area contributed by atoms with E-state index in [1.165, 1.54) is 6.26 Å². The number of rotatable bonds is 9. The van der Waals surface area contributed by atoms with E-state index in [-0.39, 0.29) is 5.75 Å². The van der Waals surface area contributed by atoms with E-state index in [1.807, 2.05) is 6.92 Å². The largest absolute Gasteiger partial charge is 0.382 e. The second-order valence-corrected chi connectivity index (χ2v) is 8.76. The third kappa shape index (κ3) is 4.69. The third-order valence-electron chi connectivity index (χ3n) is 4.21. The van der Waals surface area contributed by atoms with Gasteiger partial charge < -0.3 is 10.3 Å². The van der Waals surface area contributed by atoms with E-state index in [4.69, 9.17) is 10.7 Å². The molecule has 0 aromatic carbocycles. The summed E-state index contributed by atoms with van der Waals surface area (Å²) in [5.74, 6) is 1.79. The molecule has 0 fully saturated rings. The summed E-state index contributed by atoms with van der Waals surface area (Å²) in [6.45, 7) is 5.03. The second kappa shape index (κ2) is 7.96. The highest BCUT2D eigenvalue weighted by molar-refractivity contribution is 7.90. The molecule has 2 aromatic heterocycles. The highest BCUT2D eigenvalue weighted by Gasteiger charge is 2.15. The van der Waals surface area contributed by atoms with Gasteiger partial charge in [-0.15, -0.1) is 0 Å². The van der Waals surface area contributed by atoms with Crippen molar-refractivity contribution in [2.75, 3.05) is 17.7 Å². The number of imidazole rings is 1. The molecule has 134 valence electrons. The lowest BCUT2D eigenvalue weighted by Gasteiger charge is -2.10. The third-order valence-corrected chi connectivity index (χ3v) is 5.24. The maximum Gasteiger partial charge on any atom is 0.151 e. The second-order valence-electron chi connectivity index (χ2n) is 6.50. The predicted molar refractivity (Wildman–Crippen MR) is 98.9 cm³/mol. The molecule has 0 radical (unpaired) electrons. The van der Waals surface area contributed by atoms with Gasteiger partial charge in [0.1, 0.15) is 21.2 Å². The SMILES string of the molecule is CCCCc1nc2c(N)ncc(C)c2n1CCCCCS(C)(=O)=O. The molecule has 6 nitrogen and oxygen atoms in total. The monoisotopic (exact) mass is 352 g/mol. The zero-order valence-electron chi connectivity index (χ0n) is 14.9. The first kappa shape index (κ1) is 18.7. The zero-order chi connectivity index (χ0) is 17.7. The van der Waals surface area contributed by atoms with Crippen LogP contribution in [0.15, 0.2) is 6.20 Å². The number of hydrogen-bond acceptors (Lipinski definition) is 5. The number of hydrogen-bond donors (Lipinski definition) is 1. The molecule has 0 aliphatic rings. The Balaban J connectivity index is 2.18. The summed E-state index contributed by atoms with van der Waals surface area (Å²) in [4.78, 5) is 8.94. The fourth-order valence-electron chi connectivity index (χ4n) is 2.94. The molecule has 0 aliphatic heterocycles. The van der Waals surface area contributed by atoms with E-state index < -0.39 is 9.84 Å². The van der Waals surface area contributed by atoms with E-state index >= 15 is 0 Å². The smallest absolute Gasteiger partial charge is 0.151 e. The van der Waals surface area contributed by atoms with E-state index in [9.17, 15) is 8.42 Å². The van der Waals surface area contributed by atoms with Gasteiger partial charge in [0.15, 0.2) is 5.82 Å². The number of fused-ring (bicyclic) bond motifs is 1. The van der Waals surface area contributed by atoms with Crippen LogP contribution in [-0.2, 0) is 22.8 Å². The van der Waals surface area contributed by atoms with Gasteiger partial charge in [0.05, 0.1) is 5.52 Å². The van der Waals surface area contributed by atoms with Crippen molar-refractivity contribution in [3.05, 3.63) is 17.6 Å². The van der Waals surface area contributed by atoms with Crippen LogP contribution >= 0.6 is 0 Å². The van der Waals surface area contributed by atoms with Crippen molar-refractivity contribution in [1.82, 2.24) is 14.5 Å². The Kier molecular flexibility index (Phi) is 6.21. The molecule has 0 aliphatic carbocycles. The Morgan fingerprint density at radius 2 is 1.96 bits per heavy atom. The van der Waals surface area contributed by atoms with Crippen LogP contribution in [0.25, 0.3) is 11.0 Å². The average Bonchev–Trinajstić information content (AvgIpc) is 2.87. The van der Waals surface area contributed by atoms with Crippen molar-refractivity contribution in [1.29, 1.82) is 0 Å². The number of aryl methyl sites for hydroxylation is 3. The van der Waals surface area contributed by atoms with Crippen LogP contribution in [0, 0.1) is 6.92 Å². The van der Waals surface area contributed by atoms with E-state index in [1.54, 1.807) is 6.20 Å². The molecule has 24 heavy (non-hydrogen) atoms. The lowest BCUT2D eigenvalue weighted by atomic mass is 10.2. The summed E-state index contributed by atoms with van der Waals surface area (Å²) in [5.41, 5.74) is 8.94. The first-order chi connectivity index (χ1) is 11.3. The van der Waals surface area contributed by atoms with Gasteiger partial charge in [-0.05, 0) is 31.7 Å². The van der Waals surface area contributed by atoms with Crippen molar-refractivity contribution in [2.45, 2.75) is 58.9 Å². The minimum atomic E-state index is -2.87. The van der Waals surface area contributed by atoms with Crippen molar-refractivity contribution in [3.8, 4) is 0 Å². The number of nitrogens with two attached hydrogens (primary N) is 1. The predicted octanol–water partition coefficient (Wildman–Crippen LogP) is 2.88. The molecule has 2 aromatic rings. The van der Waals surface area contributed by atoms with Gasteiger partial charge in [-0.25, -0.2) is 18.4 Å². The van der Waals surface area contributed by atoms with Crippen LogP contribution in [0.4, 0.5) is 5.82 Å². The first-order valence-corrected chi connectivity index (χ1v) is 10.7. The number of sulfone groups is 1. The minimum absolute atomic E-state index is 0.260. The van der Waals surface area contributed by atoms with Gasteiger partial charge >= 0.3 is 0 Å². The van der Waals surface area contributed by atoms with Gasteiger partial charge in [-0.2, -0.15) is 0 Å². The fourth-order valence-corrected chi connectivity index (χ4v) is 3.67. The molecule has 0 saturated carbocycles. The van der Waals surface area contributed by atoms with Gasteiger partial charge in [0, 0.05) is 31.2 Å². The number of nitrogens with zero attached hydrogens (tertiary/aromatic N) is 3. The zero-order valence-corrected chi connectivity index (χ0v) is 15.7. The number of nitrogen functional groups attached to an aromatic ring is 1. The lowest BCUT2D eigenvalue weighted by Crippen LogP contribution is -2.07. The fraction of sp³-hybridized carbons (Fsp3) is 0.647. The van der Waals surface area contributed by atoms with Gasteiger partial charge in [0.2, 0.25) is 0 Å². The molecule has 7 heteroatoms. The van der Waals surface area contributed by atoms with Gasteiger partial charge in [-0.3, -0.25) is 0 Å². The quantitative estimate of drug-likeness (QED) is 0.701. The molecular formula is C17H28N4O2S. The van der Waals surface area contributed by atoms with Crippen molar-refractivity contribution >= 4 is 26.7 Å². The number of unbranched alkanes of at least 4 members (excludes halogenated alkanes) is 3. The molecule has 0 spiro atoms. The van der Waals surface area contributed by atoms with E-state index in [2.05, 4.69) is 16.5 Å². The maximum absolute atomic E-state index is 11.2. The standard InChI is InChI=1S/C17H28N4O2S/c1-4-5-9-14-20-15-16(13(2)12-19-17(15)18)21(14)10-7-6-8-11-24(3,22)23/h12H,4-11H2,1-3H3,(H2,18,19). The first-order valence-electron chi connectivity index (χ1n) is 8.61. The number of aromatic nitrogens is 3. The molecule has 0 atom stereocenters. The molecule has 2 rings (SSSR count). The summed E-state index contributed by atoms with van der Waals surface area (Å²) in [6, 6.07) is 0. The van der Waals surface area contributed by atoms with Crippen LogP contribution in [-0.4, -0.2) is 35.0 Å². The average molecular weight is 353 g/mol. The normalized spacial score (nSPS) is 12.1. The topological polar surface area (TPSA) is 90.9 Å². The van der Waals surface area contributed by atoms with Crippen molar-refractivity contribution in [2.24, 2.45) is 0 Å². The molecule has 0 amide bonds. The number of pyridine rings is 1. The van der Waals surface area contributed by atoms with Gasteiger partial charge in [0.25, 0.3) is 0 Å². The summed E-state index contributed by atoms with van der Waals surface area (Å²) in [5, 5.41) is 0. The molecular weight excluding hydrogens is 324 g/mol. The summed E-state index contributed by atoms with van der Waals surface area (Å²) >= 11 is 0. The minimum Gasteiger partial charge on any atom is -0.382 e. The highest BCUT2D eigenvalue weighted by Crippen LogP contribution is 2.25. The summed E-state index contributed by atoms with van der Waals surface area (Å²) in [6.07, 6.45) is 8.74. The van der Waals surface area contributed by atoms with Crippen molar-refractivity contribution < 1.29 is 8.42 Å². The Morgan fingerprint density at radius 3 is 2.62 bits per heavy atom. The molecule has 0 unspecified atom stereocenters. The van der Waals surface area contributed by atoms with E-state index in [0.29, 0.717) is 12.2 Å². The Bertz CT molecular complexity index is 797. The van der Waals surface area contributed by atoms with Crippen LogP contribution in [0.2, 0.25) is 0 Å². The van der Waals surface area contributed by atoms with Crippen molar-refractivity contribution in [3.63, 3.8) is 0 Å². The van der Waals surface area contributed by atoms with Crippen LogP contribution in [0.3, 0.4) is 0 Å². The maximum atomic E-state index is 11.2. The highest BCUT2D eigenvalue weighted by atomic mass is 32.2.